The summed E-state index contributed by atoms with van der Waals surface area (Å²) in [5, 5.41) is 20.6. The number of rotatable bonds is 2. The molecule has 4 aromatic rings. The number of fused-ring (bicyclic) bond motifs is 5. The highest BCUT2D eigenvalue weighted by Gasteiger charge is 2.41. The maximum absolute atomic E-state index is 13.0. The van der Waals surface area contributed by atoms with Gasteiger partial charge in [0, 0.05) is 32.8 Å². The van der Waals surface area contributed by atoms with Crippen LogP contribution in [0, 0.1) is 10.1 Å². The van der Waals surface area contributed by atoms with Gasteiger partial charge in [-0.05, 0) is 12.1 Å². The van der Waals surface area contributed by atoms with E-state index in [2.05, 4.69) is 10.4 Å². The Kier molecular flexibility index (Phi) is 4.42. The Morgan fingerprint density at radius 2 is 1.74 bits per heavy atom. The van der Waals surface area contributed by atoms with Gasteiger partial charge in [-0.15, -0.1) is 0 Å². The molecule has 1 atom stereocenters. The van der Waals surface area contributed by atoms with Crippen molar-refractivity contribution in [2.24, 2.45) is 21.1 Å². The number of nitrogens with zero attached hydrogens (tertiary/aromatic N) is 6. The SMILES string of the molecule is Cn1nc(C(C)(C)C)c([N+](=O)[O-])c1[C@H]1Nc2ccccc2-n2cc3c(=O)n(C)c(=O)n(C)c3c21. The lowest BCUT2D eigenvalue weighted by atomic mass is 9.90. The van der Waals surface area contributed by atoms with Gasteiger partial charge in [-0.25, -0.2) is 4.79 Å². The number of hydrogen-bond donors (Lipinski definition) is 1. The second kappa shape index (κ2) is 6.92. The molecule has 0 fully saturated rings. The minimum absolute atomic E-state index is 0.0818. The van der Waals surface area contributed by atoms with Crippen LogP contribution >= 0.6 is 0 Å². The molecule has 0 saturated heterocycles. The Balaban J connectivity index is 1.95. The normalized spacial score (nSPS) is 15.2. The van der Waals surface area contributed by atoms with Crippen molar-refractivity contribution < 1.29 is 4.92 Å². The van der Waals surface area contributed by atoms with Gasteiger partial charge in [-0.3, -0.25) is 28.7 Å². The van der Waals surface area contributed by atoms with E-state index in [1.165, 1.54) is 16.3 Å². The topological polar surface area (TPSA) is 122 Å². The lowest BCUT2D eigenvalue weighted by molar-refractivity contribution is -0.386. The predicted molar refractivity (Wildman–Crippen MR) is 128 cm³/mol. The zero-order valence-electron chi connectivity index (χ0n) is 19.8. The number of aryl methyl sites for hydroxylation is 2. The smallest absolute Gasteiger partial charge is 0.331 e. The summed E-state index contributed by atoms with van der Waals surface area (Å²) in [6, 6.07) is 6.77. The lowest BCUT2D eigenvalue weighted by Gasteiger charge is -2.29. The van der Waals surface area contributed by atoms with Gasteiger partial charge in [0.25, 0.3) is 5.56 Å². The van der Waals surface area contributed by atoms with Crippen molar-refractivity contribution in [3.05, 3.63) is 78.5 Å². The number of nitrogens with one attached hydrogen (secondary N) is 1. The fourth-order valence-corrected chi connectivity index (χ4v) is 4.85. The van der Waals surface area contributed by atoms with Crippen LogP contribution in [-0.4, -0.2) is 28.4 Å². The minimum Gasteiger partial charge on any atom is -0.370 e. The van der Waals surface area contributed by atoms with Gasteiger partial charge in [-0.2, -0.15) is 5.10 Å². The van der Waals surface area contributed by atoms with Crippen LogP contribution in [0.4, 0.5) is 11.4 Å². The molecule has 0 bridgehead atoms. The summed E-state index contributed by atoms with van der Waals surface area (Å²) in [5.74, 6) is 0. The third-order valence-corrected chi connectivity index (χ3v) is 6.43. The fourth-order valence-electron chi connectivity index (χ4n) is 4.85. The van der Waals surface area contributed by atoms with Crippen LogP contribution in [0.3, 0.4) is 0 Å². The molecule has 0 aliphatic carbocycles. The van der Waals surface area contributed by atoms with Crippen molar-refractivity contribution in [2.45, 2.75) is 32.2 Å². The summed E-state index contributed by atoms with van der Waals surface area (Å²) in [4.78, 5) is 37.8. The Hall–Kier alpha value is -4.15. The first-order valence-electron chi connectivity index (χ1n) is 10.8. The van der Waals surface area contributed by atoms with Crippen LogP contribution in [-0.2, 0) is 26.6 Å². The second-order valence-electron chi connectivity index (χ2n) is 9.66. The van der Waals surface area contributed by atoms with E-state index in [0.29, 0.717) is 28.0 Å². The third kappa shape index (κ3) is 2.79. The summed E-state index contributed by atoms with van der Waals surface area (Å²) < 4.78 is 5.84. The van der Waals surface area contributed by atoms with Crippen LogP contribution in [0.2, 0.25) is 0 Å². The molecule has 1 aromatic carbocycles. The molecule has 11 nitrogen and oxygen atoms in total. The molecular weight excluding hydrogens is 438 g/mol. The molecule has 0 radical (unpaired) electrons. The van der Waals surface area contributed by atoms with Gasteiger partial charge in [0.1, 0.15) is 17.4 Å². The van der Waals surface area contributed by atoms with E-state index < -0.39 is 27.6 Å². The molecule has 176 valence electrons. The minimum atomic E-state index is -0.737. The maximum atomic E-state index is 13.0. The first-order valence-corrected chi connectivity index (χ1v) is 10.8. The Morgan fingerprint density at radius 3 is 2.38 bits per heavy atom. The molecule has 4 heterocycles. The van der Waals surface area contributed by atoms with Crippen LogP contribution in [0.5, 0.6) is 0 Å². The molecule has 11 heteroatoms. The molecular formula is C23H25N7O4. The second-order valence-corrected chi connectivity index (χ2v) is 9.66. The zero-order chi connectivity index (χ0) is 24.7. The highest BCUT2D eigenvalue weighted by Crippen LogP contribution is 2.44. The highest BCUT2D eigenvalue weighted by molar-refractivity contribution is 5.86. The van der Waals surface area contributed by atoms with Crippen LogP contribution in [0.15, 0.2) is 40.1 Å². The Labute approximate surface area is 194 Å². The highest BCUT2D eigenvalue weighted by atomic mass is 16.6. The number of aromatic nitrogens is 5. The molecule has 34 heavy (non-hydrogen) atoms. The molecule has 0 spiro atoms. The number of nitro groups is 1. The average molecular weight is 463 g/mol. The van der Waals surface area contributed by atoms with Crippen LogP contribution in [0.1, 0.15) is 43.9 Å². The van der Waals surface area contributed by atoms with Crippen molar-refractivity contribution in [3.8, 4) is 5.69 Å². The Morgan fingerprint density at radius 1 is 1.06 bits per heavy atom. The van der Waals surface area contributed by atoms with E-state index in [-0.39, 0.29) is 5.69 Å². The van der Waals surface area contributed by atoms with Crippen molar-refractivity contribution >= 4 is 22.3 Å². The first-order chi connectivity index (χ1) is 15.9. The van der Waals surface area contributed by atoms with Crippen molar-refractivity contribution in [1.29, 1.82) is 0 Å². The summed E-state index contributed by atoms with van der Waals surface area (Å²) in [6.45, 7) is 5.63. The average Bonchev–Trinajstić information content (AvgIpc) is 3.35. The van der Waals surface area contributed by atoms with E-state index in [4.69, 9.17) is 0 Å². The molecule has 0 amide bonds. The summed E-state index contributed by atoms with van der Waals surface area (Å²) in [5.41, 5.74) is 1.67. The third-order valence-electron chi connectivity index (χ3n) is 6.43. The molecule has 1 aliphatic rings. The fraction of sp³-hybridized carbons (Fsp3) is 0.348. The monoisotopic (exact) mass is 463 g/mol. The van der Waals surface area contributed by atoms with Gasteiger partial charge < -0.3 is 9.88 Å². The van der Waals surface area contributed by atoms with Gasteiger partial charge >= 0.3 is 11.4 Å². The summed E-state index contributed by atoms with van der Waals surface area (Å²) in [6.07, 6.45) is 1.70. The quantitative estimate of drug-likeness (QED) is 0.360. The summed E-state index contributed by atoms with van der Waals surface area (Å²) in [7, 11) is 4.71. The predicted octanol–water partition coefficient (Wildman–Crippen LogP) is 2.48. The number of para-hydroxylation sites is 2. The number of benzene rings is 1. The Bertz CT molecular complexity index is 1630. The molecule has 1 N–H and O–H groups in total. The van der Waals surface area contributed by atoms with Crippen LogP contribution in [0.25, 0.3) is 16.6 Å². The van der Waals surface area contributed by atoms with E-state index in [9.17, 15) is 19.7 Å². The van der Waals surface area contributed by atoms with E-state index in [1.807, 2.05) is 49.6 Å². The largest absolute Gasteiger partial charge is 0.370 e. The molecule has 3 aromatic heterocycles. The van der Waals surface area contributed by atoms with Gasteiger partial charge in [0.05, 0.1) is 32.9 Å². The number of hydrogen-bond acceptors (Lipinski definition) is 6. The van der Waals surface area contributed by atoms with Crippen molar-refractivity contribution in [2.75, 3.05) is 5.32 Å². The van der Waals surface area contributed by atoms with Crippen molar-refractivity contribution in [1.82, 2.24) is 23.5 Å². The van der Waals surface area contributed by atoms with Gasteiger partial charge in [-0.1, -0.05) is 32.9 Å². The van der Waals surface area contributed by atoms with Crippen LogP contribution < -0.4 is 16.6 Å². The van der Waals surface area contributed by atoms with Gasteiger partial charge in [0.2, 0.25) is 0 Å². The van der Waals surface area contributed by atoms with E-state index >= 15 is 0 Å². The molecule has 0 unspecified atom stereocenters. The lowest BCUT2D eigenvalue weighted by Crippen LogP contribution is -2.37. The maximum Gasteiger partial charge on any atom is 0.331 e. The summed E-state index contributed by atoms with van der Waals surface area (Å²) >= 11 is 0. The van der Waals surface area contributed by atoms with E-state index in [0.717, 1.165) is 15.9 Å². The van der Waals surface area contributed by atoms with Crippen molar-refractivity contribution in [3.63, 3.8) is 0 Å². The zero-order valence-corrected chi connectivity index (χ0v) is 19.8. The molecule has 5 rings (SSSR count). The van der Waals surface area contributed by atoms with Gasteiger partial charge in [0.15, 0.2) is 0 Å². The standard InChI is InChI=1S/C23H25N7O4/c1-23(2,3)20-19(30(33)34)17(28(6)25-20)15-18-16-12(21(31)27(5)22(32)26(16)4)11-29(18)14-10-8-7-9-13(14)24-15/h7-11,15,24H,1-6H3/t15-/m1/s1. The molecule has 1 aliphatic heterocycles. The first kappa shape index (κ1) is 21.7. The molecule has 0 saturated carbocycles. The van der Waals surface area contributed by atoms with E-state index in [1.54, 1.807) is 20.3 Å². The number of anilines is 1.